The van der Waals surface area contributed by atoms with Gasteiger partial charge in [0.25, 0.3) is 0 Å². The highest BCUT2D eigenvalue weighted by Crippen LogP contribution is 2.25. The van der Waals surface area contributed by atoms with Gasteiger partial charge in [-0.2, -0.15) is 12.7 Å². The third-order valence-electron chi connectivity index (χ3n) is 6.40. The zero-order valence-electron chi connectivity index (χ0n) is 22.6. The first-order valence-corrected chi connectivity index (χ1v) is 14.8. The van der Waals surface area contributed by atoms with Crippen molar-refractivity contribution >= 4 is 22.6 Å². The molecule has 214 valence electrons. The molecule has 1 saturated carbocycles. The fourth-order valence-electron chi connectivity index (χ4n) is 4.51. The minimum Gasteiger partial charge on any atom is -0.443 e. The van der Waals surface area contributed by atoms with Crippen molar-refractivity contribution in [3.63, 3.8) is 0 Å². The highest BCUT2D eigenvalue weighted by molar-refractivity contribution is 7.85. The van der Waals surface area contributed by atoms with Gasteiger partial charge in [0.1, 0.15) is 24.4 Å². The molecule has 0 spiro atoms. The van der Waals surface area contributed by atoms with E-state index in [4.69, 9.17) is 23.1 Å². The molecule has 3 rings (SSSR count). The molecule has 0 radical (unpaired) electrons. The lowest BCUT2D eigenvalue weighted by atomic mass is 10.0. The number of amides is 1. The Kier molecular flexibility index (Phi) is 11.2. The van der Waals surface area contributed by atoms with Crippen LogP contribution in [0, 0.1) is 0 Å². The summed E-state index contributed by atoms with van der Waals surface area (Å²) in [4.78, 5) is 24.7. The minimum absolute atomic E-state index is 0.0438. The molecule has 3 atom stereocenters. The summed E-state index contributed by atoms with van der Waals surface area (Å²) in [6.45, 7) is 5.09. The number of nitrogens with zero attached hydrogens (tertiary/aromatic N) is 1. The van der Waals surface area contributed by atoms with Crippen molar-refractivity contribution in [1.82, 2.24) is 4.31 Å². The van der Waals surface area contributed by atoms with Gasteiger partial charge in [0.2, 0.25) is 0 Å². The number of benzene rings is 1. The summed E-state index contributed by atoms with van der Waals surface area (Å²) in [5.41, 5.74) is 0.0733. The van der Waals surface area contributed by atoms with Crippen LogP contribution in [-0.4, -0.2) is 62.0 Å². The van der Waals surface area contributed by atoms with Gasteiger partial charge in [0, 0.05) is 0 Å². The number of rotatable bonds is 6. The van der Waals surface area contributed by atoms with Crippen LogP contribution in [0.2, 0.25) is 0 Å². The van der Waals surface area contributed by atoms with Gasteiger partial charge in [-0.15, -0.1) is 0 Å². The van der Waals surface area contributed by atoms with Crippen LogP contribution >= 0.6 is 0 Å². The zero-order chi connectivity index (χ0) is 27.6. The number of carbonyl (C=O) groups is 2. The number of carbonyl (C=O) groups excluding carboxylic acids is 2. The number of hydrogen-bond acceptors (Lipinski definition) is 9. The summed E-state index contributed by atoms with van der Waals surface area (Å²) >= 11 is 0. The summed E-state index contributed by atoms with van der Waals surface area (Å²) in [6.07, 6.45) is 5.86. The van der Waals surface area contributed by atoms with Gasteiger partial charge in [0.15, 0.2) is 0 Å². The molecule has 10 nitrogen and oxygen atoms in total. The first-order chi connectivity index (χ1) is 18.0. The Balaban J connectivity index is 1.45. The van der Waals surface area contributed by atoms with Crippen molar-refractivity contribution in [3.8, 4) is 0 Å². The van der Waals surface area contributed by atoms with Crippen LogP contribution < -0.4 is 0 Å². The Morgan fingerprint density at radius 1 is 0.947 bits per heavy atom. The fraction of sp³-hybridized carbons (Fsp3) is 0.704. The van der Waals surface area contributed by atoms with Crippen LogP contribution in [0.3, 0.4) is 0 Å². The average molecular weight is 556 g/mol. The maximum atomic E-state index is 12.5. The van der Waals surface area contributed by atoms with Gasteiger partial charge in [-0.1, -0.05) is 49.6 Å². The lowest BCUT2D eigenvalue weighted by molar-refractivity contribution is 0.0000970. The molecule has 2 aliphatic rings. The number of ether oxygens (including phenoxy) is 4. The fourth-order valence-corrected chi connectivity index (χ4v) is 5.66. The van der Waals surface area contributed by atoms with Crippen LogP contribution in [0.5, 0.6) is 0 Å². The molecule has 1 aromatic rings. The smallest absolute Gasteiger partial charge is 0.443 e. The van der Waals surface area contributed by atoms with E-state index in [1.807, 2.05) is 30.3 Å². The molecule has 2 fully saturated rings. The van der Waals surface area contributed by atoms with E-state index in [2.05, 4.69) is 0 Å². The molecule has 38 heavy (non-hydrogen) atoms. The van der Waals surface area contributed by atoms with Crippen molar-refractivity contribution < 1.29 is 41.1 Å². The summed E-state index contributed by atoms with van der Waals surface area (Å²) in [6, 6.07) is 8.72. The van der Waals surface area contributed by atoms with Crippen molar-refractivity contribution in [1.29, 1.82) is 0 Å². The molecule has 0 N–H and O–H groups in total. The molecule has 1 aliphatic carbocycles. The molecule has 11 heteroatoms. The van der Waals surface area contributed by atoms with Gasteiger partial charge < -0.3 is 18.9 Å². The topological polar surface area (TPSA) is 118 Å². The molecule has 0 aromatic heterocycles. The monoisotopic (exact) mass is 555 g/mol. The third kappa shape index (κ3) is 10.1. The van der Waals surface area contributed by atoms with Gasteiger partial charge >= 0.3 is 22.6 Å². The van der Waals surface area contributed by atoms with Crippen molar-refractivity contribution in [2.24, 2.45) is 0 Å². The van der Waals surface area contributed by atoms with E-state index in [0.29, 0.717) is 4.31 Å². The highest BCUT2D eigenvalue weighted by Gasteiger charge is 2.45. The average Bonchev–Trinajstić information content (AvgIpc) is 3.13. The Morgan fingerprint density at radius 2 is 1.55 bits per heavy atom. The van der Waals surface area contributed by atoms with Crippen LogP contribution in [0.15, 0.2) is 30.3 Å². The van der Waals surface area contributed by atoms with E-state index in [1.54, 1.807) is 20.8 Å². The van der Waals surface area contributed by atoms with Gasteiger partial charge in [-0.25, -0.2) is 9.59 Å². The molecule has 1 saturated heterocycles. The molecule has 1 heterocycles. The minimum atomic E-state index is -4.20. The molecular weight excluding hydrogens is 514 g/mol. The Bertz CT molecular complexity index is 994. The molecule has 0 unspecified atom stereocenters. The lowest BCUT2D eigenvalue weighted by Gasteiger charge is -2.27. The third-order valence-corrected chi connectivity index (χ3v) is 7.76. The maximum Gasteiger partial charge on any atom is 0.508 e. The van der Waals surface area contributed by atoms with E-state index in [-0.39, 0.29) is 32.0 Å². The molecule has 1 aliphatic heterocycles. The largest absolute Gasteiger partial charge is 0.508 e. The zero-order valence-corrected chi connectivity index (χ0v) is 23.5. The molecule has 0 bridgehead atoms. The second-order valence-corrected chi connectivity index (χ2v) is 12.3. The summed E-state index contributed by atoms with van der Waals surface area (Å²) in [5.74, 6) is 0. The van der Waals surface area contributed by atoms with E-state index < -0.39 is 34.2 Å². The van der Waals surface area contributed by atoms with E-state index in [0.717, 1.165) is 63.4 Å². The first-order valence-electron chi connectivity index (χ1n) is 13.4. The van der Waals surface area contributed by atoms with Gasteiger partial charge in [-0.05, 0) is 64.9 Å². The van der Waals surface area contributed by atoms with E-state index in [1.165, 1.54) is 0 Å². The second-order valence-electron chi connectivity index (χ2n) is 10.8. The Morgan fingerprint density at radius 3 is 2.18 bits per heavy atom. The number of hydrogen-bond donors (Lipinski definition) is 0. The lowest BCUT2D eigenvalue weighted by Crippen LogP contribution is -2.45. The standard InChI is InChI=1S/C27H41NO9S/c1-27(2,3)37-25(29)28-22(20-35-38(28,31)32)19-33-23-14-8-5-9-16-24(17-11-10-15-23)36-26(30)34-18-21-12-6-4-7-13-21/h4,6-7,12-13,22-24H,5,8-11,14-20H2,1-3H3/t22-,23+,24+/m1/s1. The van der Waals surface area contributed by atoms with Crippen LogP contribution in [0.25, 0.3) is 0 Å². The summed E-state index contributed by atoms with van der Waals surface area (Å²) in [7, 11) is -4.20. The summed E-state index contributed by atoms with van der Waals surface area (Å²) < 4.78 is 52.4. The Labute approximate surface area is 226 Å². The van der Waals surface area contributed by atoms with Crippen LogP contribution in [0.1, 0.15) is 84.1 Å². The molecule has 1 amide bonds. The van der Waals surface area contributed by atoms with Gasteiger partial charge in [0.05, 0.1) is 19.3 Å². The predicted octanol–water partition coefficient (Wildman–Crippen LogP) is 5.50. The van der Waals surface area contributed by atoms with Crippen LogP contribution in [-0.2, 0) is 40.0 Å². The van der Waals surface area contributed by atoms with E-state index in [9.17, 15) is 18.0 Å². The molecule has 1 aromatic carbocycles. The quantitative estimate of drug-likeness (QED) is 0.419. The van der Waals surface area contributed by atoms with Crippen LogP contribution in [0.4, 0.5) is 9.59 Å². The van der Waals surface area contributed by atoms with Crippen molar-refractivity contribution in [2.45, 2.75) is 109 Å². The van der Waals surface area contributed by atoms with Gasteiger partial charge in [-0.3, -0.25) is 4.18 Å². The van der Waals surface area contributed by atoms with Crippen molar-refractivity contribution in [2.75, 3.05) is 13.2 Å². The SMILES string of the molecule is CC(C)(C)OC(=O)N1[C@H](CO[C@H]2CCCCC[C@H](OC(=O)OCc3ccccc3)CCCC2)COS1(=O)=O. The maximum absolute atomic E-state index is 12.5. The second kappa shape index (κ2) is 14.1. The predicted molar refractivity (Wildman–Crippen MR) is 140 cm³/mol. The molecular formula is C27H41NO9S. The normalized spacial score (nSPS) is 24.7. The van der Waals surface area contributed by atoms with E-state index >= 15 is 0 Å². The Hall–Kier alpha value is -2.37. The first kappa shape index (κ1) is 30.2. The highest BCUT2D eigenvalue weighted by atomic mass is 32.2. The summed E-state index contributed by atoms with van der Waals surface area (Å²) in [5, 5.41) is 0. The van der Waals surface area contributed by atoms with Crippen molar-refractivity contribution in [3.05, 3.63) is 35.9 Å².